The third-order valence-electron chi connectivity index (χ3n) is 6.24. The number of fused-ring (bicyclic) bond motifs is 1. The molecule has 0 N–H and O–H groups in total. The van der Waals surface area contributed by atoms with Gasteiger partial charge in [0.1, 0.15) is 11.3 Å². The second kappa shape index (κ2) is 8.94. The van der Waals surface area contributed by atoms with Gasteiger partial charge in [0.2, 0.25) is 10.0 Å². The monoisotopic (exact) mass is 439 g/mol. The Balaban J connectivity index is 1.63. The van der Waals surface area contributed by atoms with Crippen LogP contribution in [0.4, 0.5) is 0 Å². The minimum atomic E-state index is -3.69. The predicted octanol–water partition coefficient (Wildman–Crippen LogP) is 4.09. The lowest BCUT2D eigenvalue weighted by Crippen LogP contribution is -2.42. The number of benzene rings is 2. The minimum absolute atomic E-state index is 0.0602. The van der Waals surface area contributed by atoms with Crippen LogP contribution in [0.5, 0.6) is 5.75 Å². The number of hydrogen-bond acceptors (Lipinski definition) is 5. The highest BCUT2D eigenvalue weighted by Gasteiger charge is 2.37. The van der Waals surface area contributed by atoms with Crippen LogP contribution in [0.1, 0.15) is 31.9 Å². The Morgan fingerprint density at radius 2 is 1.94 bits per heavy atom. The first-order valence-corrected chi connectivity index (χ1v) is 12.1. The number of ether oxygens (including phenoxy) is 1. The molecule has 0 saturated carbocycles. The van der Waals surface area contributed by atoms with Gasteiger partial charge in [0, 0.05) is 43.3 Å². The van der Waals surface area contributed by atoms with E-state index in [2.05, 4.69) is 28.9 Å². The van der Waals surface area contributed by atoms with Crippen molar-refractivity contribution in [1.29, 1.82) is 0 Å². The SMILES string of the molecule is CCN(C1CCN(C(C)c2ccccc2)C1)S(=O)(=O)c1ccc(OC)c2ncccc12. The van der Waals surface area contributed by atoms with Crippen molar-refractivity contribution in [3.63, 3.8) is 0 Å². The Morgan fingerprint density at radius 3 is 2.65 bits per heavy atom. The Bertz CT molecular complexity index is 1150. The van der Waals surface area contributed by atoms with Crippen LogP contribution in [-0.4, -0.2) is 55.4 Å². The topological polar surface area (TPSA) is 62.7 Å². The molecule has 0 bridgehead atoms. The van der Waals surface area contributed by atoms with Gasteiger partial charge < -0.3 is 4.74 Å². The summed E-state index contributed by atoms with van der Waals surface area (Å²) >= 11 is 0. The van der Waals surface area contributed by atoms with E-state index in [0.717, 1.165) is 19.5 Å². The largest absolute Gasteiger partial charge is 0.494 e. The summed E-state index contributed by atoms with van der Waals surface area (Å²) in [6.45, 7) is 6.11. The zero-order chi connectivity index (χ0) is 22.0. The van der Waals surface area contributed by atoms with E-state index in [1.54, 1.807) is 41.9 Å². The van der Waals surface area contributed by atoms with E-state index in [1.165, 1.54) is 5.56 Å². The number of methoxy groups -OCH3 is 1. The van der Waals surface area contributed by atoms with Gasteiger partial charge in [0.05, 0.1) is 12.0 Å². The van der Waals surface area contributed by atoms with Crippen molar-refractivity contribution < 1.29 is 13.2 Å². The average Bonchev–Trinajstić information content (AvgIpc) is 3.28. The van der Waals surface area contributed by atoms with E-state index in [4.69, 9.17) is 4.74 Å². The number of aromatic nitrogens is 1. The molecule has 1 fully saturated rings. The van der Waals surface area contributed by atoms with Crippen LogP contribution in [-0.2, 0) is 10.0 Å². The lowest BCUT2D eigenvalue weighted by Gasteiger charge is -2.29. The highest BCUT2D eigenvalue weighted by molar-refractivity contribution is 7.89. The summed E-state index contributed by atoms with van der Waals surface area (Å²) in [6.07, 6.45) is 2.47. The molecule has 2 heterocycles. The molecule has 6 nitrogen and oxygen atoms in total. The van der Waals surface area contributed by atoms with Crippen LogP contribution < -0.4 is 4.74 Å². The summed E-state index contributed by atoms with van der Waals surface area (Å²) in [4.78, 5) is 7.01. The number of hydrogen-bond donors (Lipinski definition) is 0. The quantitative estimate of drug-likeness (QED) is 0.555. The summed E-state index contributed by atoms with van der Waals surface area (Å²) in [5.74, 6) is 0.571. The lowest BCUT2D eigenvalue weighted by molar-refractivity contribution is 0.239. The second-order valence-electron chi connectivity index (χ2n) is 7.90. The van der Waals surface area contributed by atoms with Gasteiger partial charge in [0.25, 0.3) is 0 Å². The average molecular weight is 440 g/mol. The van der Waals surface area contributed by atoms with Gasteiger partial charge in [-0.1, -0.05) is 37.3 Å². The smallest absolute Gasteiger partial charge is 0.244 e. The number of likely N-dealkylation sites (N-methyl/N-ethyl adjacent to an activating group) is 1. The van der Waals surface area contributed by atoms with Gasteiger partial charge in [0.15, 0.2) is 0 Å². The van der Waals surface area contributed by atoms with Crippen LogP contribution in [0.2, 0.25) is 0 Å². The highest BCUT2D eigenvalue weighted by Crippen LogP contribution is 2.34. The standard InChI is InChI=1S/C24H29N3O3S/c1-4-27(20-14-16-26(17-20)18(2)19-9-6-5-7-10-19)31(28,29)23-13-12-22(30-3)24-21(23)11-8-15-25-24/h5-13,15,18,20H,4,14,16-17H2,1-3H3. The molecule has 1 saturated heterocycles. The van der Waals surface area contributed by atoms with E-state index in [-0.39, 0.29) is 17.0 Å². The van der Waals surface area contributed by atoms with Crippen molar-refractivity contribution >= 4 is 20.9 Å². The maximum atomic E-state index is 13.7. The molecule has 3 aromatic rings. The van der Waals surface area contributed by atoms with Crippen molar-refractivity contribution in [1.82, 2.24) is 14.2 Å². The molecule has 2 unspecified atom stereocenters. The Morgan fingerprint density at radius 1 is 1.16 bits per heavy atom. The van der Waals surface area contributed by atoms with Gasteiger partial charge >= 0.3 is 0 Å². The molecule has 1 aromatic heterocycles. The van der Waals surface area contributed by atoms with Crippen LogP contribution >= 0.6 is 0 Å². The summed E-state index contributed by atoms with van der Waals surface area (Å²) < 4.78 is 34.5. The molecule has 164 valence electrons. The Kier molecular flexibility index (Phi) is 6.27. The predicted molar refractivity (Wildman–Crippen MR) is 123 cm³/mol. The minimum Gasteiger partial charge on any atom is -0.494 e. The molecule has 2 aromatic carbocycles. The summed E-state index contributed by atoms with van der Waals surface area (Å²) in [5, 5.41) is 0.591. The van der Waals surface area contributed by atoms with Gasteiger partial charge in [-0.15, -0.1) is 0 Å². The van der Waals surface area contributed by atoms with Gasteiger partial charge in [-0.25, -0.2) is 8.42 Å². The normalized spacial score (nSPS) is 18.5. The van der Waals surface area contributed by atoms with Crippen LogP contribution in [0, 0.1) is 0 Å². The van der Waals surface area contributed by atoms with E-state index < -0.39 is 10.0 Å². The first kappa shape index (κ1) is 21.7. The van der Waals surface area contributed by atoms with Gasteiger partial charge in [-0.05, 0) is 43.2 Å². The van der Waals surface area contributed by atoms with Crippen LogP contribution in [0.15, 0.2) is 65.7 Å². The molecule has 0 amide bonds. The first-order chi connectivity index (χ1) is 15.0. The Labute approximate surface area is 184 Å². The second-order valence-corrected chi connectivity index (χ2v) is 9.76. The number of likely N-dealkylation sites (tertiary alicyclic amines) is 1. The molecule has 1 aliphatic heterocycles. The van der Waals surface area contributed by atoms with Crippen molar-refractivity contribution in [3.8, 4) is 5.75 Å². The van der Waals surface area contributed by atoms with Crippen molar-refractivity contribution in [2.75, 3.05) is 26.7 Å². The number of pyridine rings is 1. The maximum Gasteiger partial charge on any atom is 0.244 e. The van der Waals surface area contributed by atoms with E-state index >= 15 is 0 Å². The maximum absolute atomic E-state index is 13.7. The molecule has 7 heteroatoms. The van der Waals surface area contributed by atoms with Crippen molar-refractivity contribution in [2.45, 2.75) is 37.2 Å². The van der Waals surface area contributed by atoms with E-state index in [1.807, 2.05) is 25.1 Å². The fraction of sp³-hybridized carbons (Fsp3) is 0.375. The first-order valence-electron chi connectivity index (χ1n) is 10.7. The molecule has 4 rings (SSSR count). The third kappa shape index (κ3) is 4.05. The van der Waals surface area contributed by atoms with Crippen LogP contribution in [0.25, 0.3) is 10.9 Å². The number of sulfonamides is 1. The van der Waals surface area contributed by atoms with Crippen molar-refractivity contribution in [2.24, 2.45) is 0 Å². The fourth-order valence-electron chi connectivity index (χ4n) is 4.56. The molecular formula is C24H29N3O3S. The summed E-state index contributed by atoms with van der Waals surface area (Å²) in [5.41, 5.74) is 1.81. The van der Waals surface area contributed by atoms with E-state index in [0.29, 0.717) is 23.2 Å². The van der Waals surface area contributed by atoms with E-state index in [9.17, 15) is 8.42 Å². The zero-order valence-electron chi connectivity index (χ0n) is 18.2. The fourth-order valence-corrected chi connectivity index (χ4v) is 6.40. The lowest BCUT2D eigenvalue weighted by atomic mass is 10.1. The molecule has 0 aliphatic carbocycles. The number of rotatable bonds is 7. The molecule has 0 spiro atoms. The molecular weight excluding hydrogens is 410 g/mol. The van der Waals surface area contributed by atoms with Crippen LogP contribution in [0.3, 0.4) is 0 Å². The van der Waals surface area contributed by atoms with Crippen molar-refractivity contribution in [3.05, 3.63) is 66.4 Å². The highest BCUT2D eigenvalue weighted by atomic mass is 32.2. The summed E-state index contributed by atoms with van der Waals surface area (Å²) in [6, 6.07) is 17.4. The molecule has 2 atom stereocenters. The summed E-state index contributed by atoms with van der Waals surface area (Å²) in [7, 11) is -2.12. The third-order valence-corrected chi connectivity index (χ3v) is 8.33. The molecule has 1 aliphatic rings. The van der Waals surface area contributed by atoms with Gasteiger partial charge in [-0.3, -0.25) is 9.88 Å². The number of nitrogens with zero attached hydrogens (tertiary/aromatic N) is 3. The zero-order valence-corrected chi connectivity index (χ0v) is 19.0. The Hall–Kier alpha value is -2.48. The van der Waals surface area contributed by atoms with Gasteiger partial charge in [-0.2, -0.15) is 4.31 Å². The molecule has 0 radical (unpaired) electrons. The molecule has 31 heavy (non-hydrogen) atoms.